The van der Waals surface area contributed by atoms with Crippen LogP contribution in [0.15, 0.2) is 27.6 Å². The molecule has 0 radical (unpaired) electrons. The highest BCUT2D eigenvalue weighted by molar-refractivity contribution is 9.10. The molecule has 86 valence electrons. The lowest BCUT2D eigenvalue weighted by Gasteiger charge is -2.30. The van der Waals surface area contributed by atoms with Crippen molar-refractivity contribution in [2.45, 2.75) is 11.3 Å². The van der Waals surface area contributed by atoms with Gasteiger partial charge in [0.25, 0.3) is 0 Å². The van der Waals surface area contributed by atoms with Crippen LogP contribution in [0.25, 0.3) is 0 Å². The Kier molecular flexibility index (Phi) is 3.76. The normalized spacial score (nSPS) is 14.7. The topological polar surface area (TPSA) is 46.3 Å². The minimum atomic E-state index is 0.204. The van der Waals surface area contributed by atoms with E-state index in [2.05, 4.69) is 15.9 Å². The van der Waals surface area contributed by atoms with Crippen molar-refractivity contribution in [3.8, 4) is 0 Å². The Morgan fingerprint density at radius 1 is 1.50 bits per heavy atom. The van der Waals surface area contributed by atoms with Gasteiger partial charge in [-0.15, -0.1) is 11.8 Å². The summed E-state index contributed by atoms with van der Waals surface area (Å²) in [7, 11) is 0. The molecule has 1 saturated heterocycles. The van der Waals surface area contributed by atoms with E-state index in [0.29, 0.717) is 5.75 Å². The van der Waals surface area contributed by atoms with Crippen molar-refractivity contribution in [1.82, 2.24) is 4.90 Å². The zero-order chi connectivity index (χ0) is 11.5. The highest BCUT2D eigenvalue weighted by Crippen LogP contribution is 2.28. The van der Waals surface area contributed by atoms with E-state index in [1.807, 2.05) is 23.1 Å². The second-order valence-electron chi connectivity index (χ2n) is 3.71. The molecule has 2 rings (SSSR count). The smallest absolute Gasteiger partial charge is 0.232 e. The molecule has 0 unspecified atom stereocenters. The number of carbonyl (C=O) groups excluding carboxylic acids is 1. The van der Waals surface area contributed by atoms with E-state index in [1.54, 1.807) is 0 Å². The molecule has 2 N–H and O–H groups in total. The molecule has 1 aromatic rings. The van der Waals surface area contributed by atoms with Crippen molar-refractivity contribution < 1.29 is 4.79 Å². The minimum Gasteiger partial charge on any atom is -0.398 e. The molecule has 5 heteroatoms. The monoisotopic (exact) mass is 300 g/mol. The Bertz CT molecular complexity index is 407. The Morgan fingerprint density at radius 3 is 2.88 bits per heavy atom. The molecule has 0 atom stereocenters. The van der Waals surface area contributed by atoms with Crippen LogP contribution in [0.3, 0.4) is 0 Å². The van der Waals surface area contributed by atoms with Crippen LogP contribution in [0, 0.1) is 0 Å². The standard InChI is InChI=1S/C11H13BrN2OS/c12-8-2-3-9(13)10(6-8)16-7-11(15)14-4-1-5-14/h2-3,6H,1,4-5,7,13H2. The first-order valence-electron chi connectivity index (χ1n) is 5.12. The van der Waals surface area contributed by atoms with Crippen LogP contribution in [-0.2, 0) is 4.79 Å². The van der Waals surface area contributed by atoms with Crippen LogP contribution < -0.4 is 5.73 Å². The van der Waals surface area contributed by atoms with Gasteiger partial charge in [-0.2, -0.15) is 0 Å². The number of hydrogen-bond acceptors (Lipinski definition) is 3. The van der Waals surface area contributed by atoms with Gasteiger partial charge in [0.1, 0.15) is 0 Å². The van der Waals surface area contributed by atoms with E-state index in [0.717, 1.165) is 34.6 Å². The quantitative estimate of drug-likeness (QED) is 0.688. The van der Waals surface area contributed by atoms with Crippen molar-refractivity contribution in [1.29, 1.82) is 0 Å². The number of benzene rings is 1. The van der Waals surface area contributed by atoms with E-state index < -0.39 is 0 Å². The van der Waals surface area contributed by atoms with Crippen molar-refractivity contribution in [2.75, 3.05) is 24.6 Å². The Hall–Kier alpha value is -0.680. The highest BCUT2D eigenvalue weighted by Gasteiger charge is 2.20. The lowest BCUT2D eigenvalue weighted by Crippen LogP contribution is -2.43. The summed E-state index contributed by atoms with van der Waals surface area (Å²) >= 11 is 4.89. The average molecular weight is 301 g/mol. The first kappa shape index (κ1) is 11.8. The van der Waals surface area contributed by atoms with Crippen LogP contribution in [0.4, 0.5) is 5.69 Å². The number of anilines is 1. The van der Waals surface area contributed by atoms with Crippen LogP contribution in [0.5, 0.6) is 0 Å². The predicted molar refractivity (Wildman–Crippen MR) is 70.5 cm³/mol. The molecular weight excluding hydrogens is 288 g/mol. The first-order valence-corrected chi connectivity index (χ1v) is 6.90. The Labute approximate surface area is 108 Å². The maximum Gasteiger partial charge on any atom is 0.232 e. The summed E-state index contributed by atoms with van der Waals surface area (Å²) in [5, 5.41) is 0. The summed E-state index contributed by atoms with van der Waals surface area (Å²) in [5.41, 5.74) is 6.56. The molecule has 0 spiro atoms. The molecule has 1 heterocycles. The SMILES string of the molecule is Nc1ccc(Br)cc1SCC(=O)N1CCC1. The number of nitrogen functional groups attached to an aromatic ring is 1. The molecule has 16 heavy (non-hydrogen) atoms. The molecule has 0 saturated carbocycles. The van der Waals surface area contributed by atoms with Gasteiger partial charge < -0.3 is 10.6 Å². The van der Waals surface area contributed by atoms with Crippen molar-refractivity contribution in [3.63, 3.8) is 0 Å². The van der Waals surface area contributed by atoms with Crippen LogP contribution >= 0.6 is 27.7 Å². The fraction of sp³-hybridized carbons (Fsp3) is 0.364. The highest BCUT2D eigenvalue weighted by atomic mass is 79.9. The number of halogens is 1. The lowest BCUT2D eigenvalue weighted by molar-refractivity contribution is -0.131. The molecule has 1 aromatic carbocycles. The third-order valence-electron chi connectivity index (χ3n) is 2.54. The van der Waals surface area contributed by atoms with Gasteiger partial charge in [-0.25, -0.2) is 0 Å². The van der Waals surface area contributed by atoms with E-state index >= 15 is 0 Å². The van der Waals surface area contributed by atoms with Gasteiger partial charge in [0.2, 0.25) is 5.91 Å². The zero-order valence-corrected chi connectivity index (χ0v) is 11.2. The number of amides is 1. The van der Waals surface area contributed by atoms with Crippen LogP contribution in [0.2, 0.25) is 0 Å². The van der Waals surface area contributed by atoms with Crippen LogP contribution in [0.1, 0.15) is 6.42 Å². The number of likely N-dealkylation sites (tertiary alicyclic amines) is 1. The van der Waals surface area contributed by atoms with Crippen LogP contribution in [-0.4, -0.2) is 29.6 Å². The molecule has 0 aliphatic carbocycles. The van der Waals surface area contributed by atoms with Gasteiger partial charge in [0.05, 0.1) is 5.75 Å². The molecule has 1 fully saturated rings. The predicted octanol–water partition coefficient (Wildman–Crippen LogP) is 2.36. The van der Waals surface area contributed by atoms with E-state index in [-0.39, 0.29) is 5.91 Å². The molecule has 1 aliphatic rings. The van der Waals surface area contributed by atoms with Gasteiger partial charge in [-0.05, 0) is 24.6 Å². The Balaban J connectivity index is 1.93. The van der Waals surface area contributed by atoms with Crippen molar-refractivity contribution >= 4 is 39.3 Å². The van der Waals surface area contributed by atoms with Crippen molar-refractivity contribution in [3.05, 3.63) is 22.7 Å². The van der Waals surface area contributed by atoms with E-state index in [4.69, 9.17) is 5.73 Å². The molecule has 1 aliphatic heterocycles. The second kappa shape index (κ2) is 5.10. The second-order valence-corrected chi connectivity index (χ2v) is 5.64. The maximum absolute atomic E-state index is 11.6. The van der Waals surface area contributed by atoms with Crippen molar-refractivity contribution in [2.24, 2.45) is 0 Å². The van der Waals surface area contributed by atoms with E-state index in [1.165, 1.54) is 11.8 Å². The zero-order valence-electron chi connectivity index (χ0n) is 8.78. The summed E-state index contributed by atoms with van der Waals surface area (Å²) in [6.07, 6.45) is 1.13. The number of nitrogens with zero attached hydrogens (tertiary/aromatic N) is 1. The lowest BCUT2D eigenvalue weighted by atomic mass is 10.2. The summed E-state index contributed by atoms with van der Waals surface area (Å²) in [4.78, 5) is 14.5. The molecule has 0 aromatic heterocycles. The first-order chi connectivity index (χ1) is 7.66. The van der Waals surface area contributed by atoms with Gasteiger partial charge in [0, 0.05) is 28.1 Å². The largest absolute Gasteiger partial charge is 0.398 e. The van der Waals surface area contributed by atoms with Gasteiger partial charge in [-0.3, -0.25) is 4.79 Å². The van der Waals surface area contributed by atoms with E-state index in [9.17, 15) is 4.79 Å². The molecular formula is C11H13BrN2OS. The number of rotatable bonds is 3. The summed E-state index contributed by atoms with van der Waals surface area (Å²) in [5.74, 6) is 0.677. The Morgan fingerprint density at radius 2 is 2.25 bits per heavy atom. The van der Waals surface area contributed by atoms with Gasteiger partial charge >= 0.3 is 0 Å². The van der Waals surface area contributed by atoms with Gasteiger partial charge in [-0.1, -0.05) is 15.9 Å². The minimum absolute atomic E-state index is 0.204. The number of nitrogens with two attached hydrogens (primary N) is 1. The summed E-state index contributed by atoms with van der Waals surface area (Å²) in [6, 6.07) is 5.69. The maximum atomic E-state index is 11.6. The number of thioether (sulfide) groups is 1. The average Bonchev–Trinajstić information content (AvgIpc) is 2.17. The number of hydrogen-bond donors (Lipinski definition) is 1. The third-order valence-corrected chi connectivity index (χ3v) is 4.08. The molecule has 3 nitrogen and oxygen atoms in total. The third kappa shape index (κ3) is 2.71. The fourth-order valence-corrected chi connectivity index (χ4v) is 2.85. The summed E-state index contributed by atoms with van der Waals surface area (Å²) in [6.45, 7) is 1.82. The number of carbonyl (C=O) groups is 1. The summed E-state index contributed by atoms with van der Waals surface area (Å²) < 4.78 is 0.987. The fourth-order valence-electron chi connectivity index (χ4n) is 1.43. The molecule has 0 bridgehead atoms. The molecule has 1 amide bonds. The van der Waals surface area contributed by atoms with Gasteiger partial charge in [0.15, 0.2) is 0 Å².